The van der Waals surface area contributed by atoms with E-state index in [1.165, 1.54) is 0 Å². The van der Waals surface area contributed by atoms with Crippen molar-refractivity contribution in [3.05, 3.63) is 23.8 Å². The molecular formula is C13H19N3OS. The largest absolute Gasteiger partial charge is 0.326 e. The standard InChI is InChI=1S/C13H19N3OS/c1-13(2,15)8-16-10-5-9(6-14)3-4-11(10)18-7-12(16)17/h3-5H,6-8,14-15H2,1-2H3. The zero-order chi connectivity index (χ0) is 13.3. The van der Waals surface area contributed by atoms with Crippen LogP contribution in [0.15, 0.2) is 23.1 Å². The van der Waals surface area contributed by atoms with Crippen molar-refractivity contribution < 1.29 is 4.79 Å². The number of amides is 1. The first kappa shape index (κ1) is 13.4. The highest BCUT2D eigenvalue weighted by atomic mass is 32.2. The Kier molecular flexibility index (Phi) is 3.66. The SMILES string of the molecule is CC(C)(N)CN1C(=O)CSc2ccc(CN)cc21. The summed E-state index contributed by atoms with van der Waals surface area (Å²) in [4.78, 5) is 15.0. The molecule has 4 N–H and O–H groups in total. The van der Waals surface area contributed by atoms with Gasteiger partial charge in [0.25, 0.3) is 0 Å². The first-order chi connectivity index (χ1) is 8.40. The lowest BCUT2D eigenvalue weighted by Gasteiger charge is -2.34. The van der Waals surface area contributed by atoms with Crippen LogP contribution in [0.3, 0.4) is 0 Å². The average Bonchev–Trinajstić information content (AvgIpc) is 2.31. The number of nitrogens with two attached hydrogens (primary N) is 2. The molecule has 0 fully saturated rings. The molecule has 1 aliphatic heterocycles. The summed E-state index contributed by atoms with van der Waals surface area (Å²) in [6.07, 6.45) is 0. The predicted octanol–water partition coefficient (Wildman–Crippen LogP) is 1.32. The van der Waals surface area contributed by atoms with E-state index < -0.39 is 5.54 Å². The highest BCUT2D eigenvalue weighted by Gasteiger charge is 2.28. The highest BCUT2D eigenvalue weighted by molar-refractivity contribution is 8.00. The Morgan fingerprint density at radius 2 is 2.17 bits per heavy atom. The van der Waals surface area contributed by atoms with E-state index in [9.17, 15) is 4.79 Å². The van der Waals surface area contributed by atoms with Crippen LogP contribution in [0, 0.1) is 0 Å². The third-order valence-corrected chi connectivity index (χ3v) is 3.82. The normalized spacial score (nSPS) is 15.8. The molecule has 0 atom stereocenters. The molecule has 0 saturated heterocycles. The lowest BCUT2D eigenvalue weighted by Crippen LogP contribution is -2.49. The minimum Gasteiger partial charge on any atom is -0.326 e. The van der Waals surface area contributed by atoms with Gasteiger partial charge in [-0.15, -0.1) is 11.8 Å². The fraction of sp³-hybridized carbons (Fsp3) is 0.462. The molecular weight excluding hydrogens is 246 g/mol. The van der Waals surface area contributed by atoms with Crippen LogP contribution in [-0.2, 0) is 11.3 Å². The minimum atomic E-state index is -0.409. The molecule has 0 saturated carbocycles. The number of benzene rings is 1. The van der Waals surface area contributed by atoms with Crippen LogP contribution in [0.4, 0.5) is 5.69 Å². The highest BCUT2D eigenvalue weighted by Crippen LogP contribution is 2.36. The summed E-state index contributed by atoms with van der Waals surface area (Å²) in [5.74, 6) is 0.589. The quantitative estimate of drug-likeness (QED) is 0.864. The van der Waals surface area contributed by atoms with Gasteiger partial charge < -0.3 is 16.4 Å². The van der Waals surface area contributed by atoms with Crippen LogP contribution in [0.25, 0.3) is 0 Å². The number of hydrogen-bond donors (Lipinski definition) is 2. The Bertz CT molecular complexity index is 468. The zero-order valence-electron chi connectivity index (χ0n) is 10.8. The Morgan fingerprint density at radius 3 is 2.78 bits per heavy atom. The van der Waals surface area contributed by atoms with Gasteiger partial charge >= 0.3 is 0 Å². The van der Waals surface area contributed by atoms with Crippen LogP contribution in [-0.4, -0.2) is 23.7 Å². The van der Waals surface area contributed by atoms with Crippen molar-refractivity contribution in [2.75, 3.05) is 17.2 Å². The molecule has 98 valence electrons. The Labute approximate surface area is 112 Å². The van der Waals surface area contributed by atoms with Gasteiger partial charge in [-0.2, -0.15) is 0 Å². The van der Waals surface area contributed by atoms with Crippen LogP contribution in [0.5, 0.6) is 0 Å². The molecule has 1 amide bonds. The van der Waals surface area contributed by atoms with E-state index in [4.69, 9.17) is 11.5 Å². The molecule has 0 spiro atoms. The van der Waals surface area contributed by atoms with Gasteiger partial charge in [0.1, 0.15) is 0 Å². The summed E-state index contributed by atoms with van der Waals surface area (Å²) in [6, 6.07) is 6.03. The molecule has 2 rings (SSSR count). The summed E-state index contributed by atoms with van der Waals surface area (Å²) in [7, 11) is 0. The predicted molar refractivity (Wildman–Crippen MR) is 75.7 cm³/mol. The molecule has 0 aromatic heterocycles. The average molecular weight is 265 g/mol. The second kappa shape index (κ2) is 4.91. The van der Waals surface area contributed by atoms with Crippen LogP contribution in [0.2, 0.25) is 0 Å². The van der Waals surface area contributed by atoms with Crippen molar-refractivity contribution in [1.29, 1.82) is 0 Å². The first-order valence-corrected chi connectivity index (χ1v) is 6.94. The fourth-order valence-electron chi connectivity index (χ4n) is 1.96. The van der Waals surface area contributed by atoms with Gasteiger partial charge in [0.15, 0.2) is 0 Å². The zero-order valence-corrected chi connectivity index (χ0v) is 11.6. The number of carbonyl (C=O) groups is 1. The van der Waals surface area contributed by atoms with Crippen molar-refractivity contribution in [3.63, 3.8) is 0 Å². The minimum absolute atomic E-state index is 0.111. The molecule has 18 heavy (non-hydrogen) atoms. The van der Waals surface area contributed by atoms with Crippen molar-refractivity contribution in [2.45, 2.75) is 30.8 Å². The maximum absolute atomic E-state index is 12.1. The maximum atomic E-state index is 12.1. The van der Waals surface area contributed by atoms with Crippen LogP contribution >= 0.6 is 11.8 Å². The summed E-state index contributed by atoms with van der Waals surface area (Å²) < 4.78 is 0. The first-order valence-electron chi connectivity index (χ1n) is 5.96. The van der Waals surface area contributed by atoms with E-state index in [0.29, 0.717) is 18.8 Å². The third kappa shape index (κ3) is 2.85. The summed E-state index contributed by atoms with van der Waals surface area (Å²) in [5.41, 5.74) is 13.3. The third-order valence-electron chi connectivity index (χ3n) is 2.77. The molecule has 0 bridgehead atoms. The number of rotatable bonds is 3. The molecule has 4 nitrogen and oxygen atoms in total. The van der Waals surface area contributed by atoms with Gasteiger partial charge in [0, 0.05) is 23.5 Å². The van der Waals surface area contributed by atoms with Gasteiger partial charge in [-0.1, -0.05) is 6.07 Å². The summed E-state index contributed by atoms with van der Waals surface area (Å²) in [5, 5.41) is 0. The van der Waals surface area contributed by atoms with Gasteiger partial charge in [-0.05, 0) is 31.5 Å². The topological polar surface area (TPSA) is 72.3 Å². The smallest absolute Gasteiger partial charge is 0.237 e. The Morgan fingerprint density at radius 1 is 1.44 bits per heavy atom. The number of carbonyl (C=O) groups excluding carboxylic acids is 1. The van der Waals surface area contributed by atoms with Crippen molar-refractivity contribution in [1.82, 2.24) is 0 Å². The van der Waals surface area contributed by atoms with Crippen molar-refractivity contribution in [2.24, 2.45) is 11.5 Å². The number of anilines is 1. The number of thioether (sulfide) groups is 1. The molecule has 1 aliphatic rings. The van der Waals surface area contributed by atoms with Gasteiger partial charge in [0.2, 0.25) is 5.91 Å². The summed E-state index contributed by atoms with van der Waals surface area (Å²) in [6.45, 7) is 4.85. The second-order valence-electron chi connectivity index (χ2n) is 5.26. The van der Waals surface area contributed by atoms with Gasteiger partial charge in [-0.25, -0.2) is 0 Å². The molecule has 1 aromatic carbocycles. The second-order valence-corrected chi connectivity index (χ2v) is 6.28. The number of fused-ring (bicyclic) bond motifs is 1. The maximum Gasteiger partial charge on any atom is 0.237 e. The molecule has 0 unspecified atom stereocenters. The van der Waals surface area contributed by atoms with E-state index >= 15 is 0 Å². The molecule has 1 aromatic rings. The fourth-order valence-corrected chi connectivity index (χ4v) is 2.87. The molecule has 0 radical (unpaired) electrons. The number of hydrogen-bond acceptors (Lipinski definition) is 4. The van der Waals surface area contributed by atoms with E-state index in [2.05, 4.69) is 0 Å². The van der Waals surface area contributed by atoms with E-state index in [1.807, 2.05) is 32.0 Å². The number of nitrogens with zero attached hydrogens (tertiary/aromatic N) is 1. The van der Waals surface area contributed by atoms with E-state index in [-0.39, 0.29) is 5.91 Å². The Balaban J connectivity index is 2.39. The van der Waals surface area contributed by atoms with Crippen molar-refractivity contribution >= 4 is 23.4 Å². The van der Waals surface area contributed by atoms with Gasteiger partial charge in [-0.3, -0.25) is 4.79 Å². The Hall–Kier alpha value is -1.04. The summed E-state index contributed by atoms with van der Waals surface area (Å²) >= 11 is 1.57. The van der Waals surface area contributed by atoms with Gasteiger partial charge in [0.05, 0.1) is 11.4 Å². The monoisotopic (exact) mass is 265 g/mol. The van der Waals surface area contributed by atoms with Crippen molar-refractivity contribution in [3.8, 4) is 0 Å². The molecule has 5 heteroatoms. The lowest BCUT2D eigenvalue weighted by atomic mass is 10.1. The van der Waals surface area contributed by atoms with Crippen LogP contribution in [0.1, 0.15) is 19.4 Å². The van der Waals surface area contributed by atoms with E-state index in [1.54, 1.807) is 16.7 Å². The molecule has 0 aliphatic carbocycles. The van der Waals surface area contributed by atoms with E-state index in [0.717, 1.165) is 16.1 Å². The molecule has 1 heterocycles. The van der Waals surface area contributed by atoms with Crippen LogP contribution < -0.4 is 16.4 Å². The lowest BCUT2D eigenvalue weighted by molar-refractivity contribution is -0.116.